The molecule has 0 spiro atoms. The highest BCUT2D eigenvalue weighted by Gasteiger charge is 2.56. The molecule has 0 bridgehead atoms. The van der Waals surface area contributed by atoms with Gasteiger partial charge in [0.1, 0.15) is 11.7 Å². The number of hydrogen-bond acceptors (Lipinski definition) is 5. The molecule has 188 valence electrons. The molecule has 1 fully saturated rings. The lowest BCUT2D eigenvalue weighted by molar-refractivity contribution is -0.150. The molecule has 1 saturated carbocycles. The number of carbonyl (C=O) groups is 3. The summed E-state index contributed by atoms with van der Waals surface area (Å²) in [7, 11) is 1.74. The summed E-state index contributed by atoms with van der Waals surface area (Å²) in [6.07, 6.45) is 1.40. The third-order valence-corrected chi connectivity index (χ3v) is 7.05. The molecule has 0 radical (unpaired) electrons. The second kappa shape index (κ2) is 9.70. The zero-order valence-electron chi connectivity index (χ0n) is 21.2. The molecule has 36 heavy (non-hydrogen) atoms. The standard InChI is InChI=1S/C28H32N4O4/c1-16-10-6-8-12-20(16)29-26(34)24-22(33)14-28(4,36)25(23(24)19-15-32(5)31-18(19)3)27(35)30-21-13-9-7-11-17(21)2/h6-13,15,23-25,36H,14H2,1-5H3,(H,29,34)(H,30,35)/t23-,24+,25+,28-/m0/s1. The molecule has 4 rings (SSSR count). The number of carbonyl (C=O) groups excluding carboxylic acids is 3. The Balaban J connectivity index is 1.80. The summed E-state index contributed by atoms with van der Waals surface area (Å²) < 4.78 is 1.59. The lowest BCUT2D eigenvalue weighted by Crippen LogP contribution is -2.56. The summed E-state index contributed by atoms with van der Waals surface area (Å²) in [5.41, 5.74) is 2.42. The van der Waals surface area contributed by atoms with Gasteiger partial charge in [-0.25, -0.2) is 0 Å². The van der Waals surface area contributed by atoms with E-state index in [0.29, 0.717) is 22.6 Å². The molecule has 4 atom stereocenters. The van der Waals surface area contributed by atoms with Gasteiger partial charge in [0.25, 0.3) is 0 Å². The van der Waals surface area contributed by atoms with Gasteiger partial charge in [0.05, 0.1) is 17.2 Å². The molecule has 2 amide bonds. The summed E-state index contributed by atoms with van der Waals surface area (Å²) in [5, 5.41) is 21.7. The van der Waals surface area contributed by atoms with Crippen LogP contribution in [0.2, 0.25) is 0 Å². The Bertz CT molecular complexity index is 1330. The Morgan fingerprint density at radius 2 is 1.50 bits per heavy atom. The Morgan fingerprint density at radius 3 is 2.00 bits per heavy atom. The fraction of sp³-hybridized carbons (Fsp3) is 0.357. The van der Waals surface area contributed by atoms with E-state index in [4.69, 9.17) is 0 Å². The molecule has 0 saturated heterocycles. The van der Waals surface area contributed by atoms with Crippen LogP contribution in [0.3, 0.4) is 0 Å². The van der Waals surface area contributed by atoms with Crippen molar-refractivity contribution in [3.63, 3.8) is 0 Å². The van der Waals surface area contributed by atoms with Crippen molar-refractivity contribution in [2.24, 2.45) is 18.9 Å². The maximum Gasteiger partial charge on any atom is 0.235 e. The van der Waals surface area contributed by atoms with E-state index in [1.54, 1.807) is 43.0 Å². The highest BCUT2D eigenvalue weighted by atomic mass is 16.3. The first-order chi connectivity index (χ1) is 17.0. The highest BCUT2D eigenvalue weighted by Crippen LogP contribution is 2.47. The van der Waals surface area contributed by atoms with Crippen LogP contribution in [0.1, 0.15) is 41.6 Å². The molecule has 1 aliphatic rings. The van der Waals surface area contributed by atoms with Crippen molar-refractivity contribution in [1.29, 1.82) is 0 Å². The largest absolute Gasteiger partial charge is 0.389 e. The minimum atomic E-state index is -1.67. The maximum atomic E-state index is 13.8. The van der Waals surface area contributed by atoms with Gasteiger partial charge >= 0.3 is 0 Å². The van der Waals surface area contributed by atoms with E-state index in [1.807, 2.05) is 44.2 Å². The van der Waals surface area contributed by atoms with Crippen LogP contribution in [-0.4, -0.2) is 38.1 Å². The first-order valence-corrected chi connectivity index (χ1v) is 12.0. The molecule has 3 aromatic rings. The van der Waals surface area contributed by atoms with Crippen LogP contribution in [0.5, 0.6) is 0 Å². The number of Topliss-reactive ketones (excluding diaryl/α,β-unsaturated/α-hetero) is 1. The minimum absolute atomic E-state index is 0.319. The van der Waals surface area contributed by atoms with E-state index in [2.05, 4.69) is 15.7 Å². The van der Waals surface area contributed by atoms with Gasteiger partial charge in [-0.3, -0.25) is 19.1 Å². The van der Waals surface area contributed by atoms with E-state index >= 15 is 0 Å². The highest BCUT2D eigenvalue weighted by molar-refractivity contribution is 6.10. The lowest BCUT2D eigenvalue weighted by Gasteiger charge is -2.44. The van der Waals surface area contributed by atoms with Gasteiger partial charge in [-0.15, -0.1) is 0 Å². The summed E-state index contributed by atoms with van der Waals surface area (Å²) in [6.45, 7) is 7.00. The molecular formula is C28H32N4O4. The van der Waals surface area contributed by atoms with Crippen molar-refractivity contribution in [3.05, 3.63) is 77.1 Å². The Kier molecular flexibility index (Phi) is 6.82. The SMILES string of the molecule is Cc1ccccc1NC(=O)[C@@H]1C(=O)C[C@](C)(O)[C@@H](C(=O)Nc2ccccc2C)[C@H]1c1cn(C)nc1C. The number of anilines is 2. The Hall–Kier alpha value is -3.78. The van der Waals surface area contributed by atoms with E-state index < -0.39 is 41.0 Å². The third kappa shape index (κ3) is 4.81. The number of nitrogens with zero attached hydrogens (tertiary/aromatic N) is 2. The summed E-state index contributed by atoms with van der Waals surface area (Å²) in [6, 6.07) is 14.6. The van der Waals surface area contributed by atoms with E-state index in [-0.39, 0.29) is 6.42 Å². The lowest BCUT2D eigenvalue weighted by atomic mass is 9.61. The smallest absolute Gasteiger partial charge is 0.235 e. The summed E-state index contributed by atoms with van der Waals surface area (Å²) in [5.74, 6) is -4.55. The van der Waals surface area contributed by atoms with Gasteiger partial charge in [-0.2, -0.15) is 5.10 Å². The van der Waals surface area contributed by atoms with Gasteiger partial charge in [-0.05, 0) is 56.5 Å². The van der Waals surface area contributed by atoms with Gasteiger partial charge in [0.15, 0.2) is 0 Å². The van der Waals surface area contributed by atoms with Crippen molar-refractivity contribution >= 4 is 29.0 Å². The normalized spacial score (nSPS) is 23.8. The number of para-hydroxylation sites is 2. The second-order valence-corrected chi connectivity index (χ2v) is 9.93. The zero-order valence-corrected chi connectivity index (χ0v) is 21.2. The number of amides is 2. The first kappa shape index (κ1) is 25.3. The number of hydrogen-bond donors (Lipinski definition) is 3. The van der Waals surface area contributed by atoms with Crippen molar-refractivity contribution in [2.45, 2.75) is 45.6 Å². The second-order valence-electron chi connectivity index (χ2n) is 9.93. The monoisotopic (exact) mass is 488 g/mol. The molecule has 1 aliphatic carbocycles. The molecule has 0 aliphatic heterocycles. The molecule has 2 aromatic carbocycles. The Morgan fingerprint density at radius 1 is 0.972 bits per heavy atom. The number of rotatable bonds is 5. The van der Waals surface area contributed by atoms with E-state index in [9.17, 15) is 19.5 Å². The maximum absolute atomic E-state index is 13.8. The summed E-state index contributed by atoms with van der Waals surface area (Å²) >= 11 is 0. The number of aryl methyl sites for hydroxylation is 4. The third-order valence-electron chi connectivity index (χ3n) is 7.05. The minimum Gasteiger partial charge on any atom is -0.389 e. The molecule has 1 aromatic heterocycles. The molecule has 8 nitrogen and oxygen atoms in total. The summed E-state index contributed by atoms with van der Waals surface area (Å²) in [4.78, 5) is 40.9. The molecule has 8 heteroatoms. The van der Waals surface area contributed by atoms with Crippen LogP contribution in [0.15, 0.2) is 54.7 Å². The van der Waals surface area contributed by atoms with Crippen LogP contribution >= 0.6 is 0 Å². The predicted octanol–water partition coefficient (Wildman–Crippen LogP) is 3.66. The number of nitrogens with one attached hydrogen (secondary N) is 2. The molecule has 3 N–H and O–H groups in total. The average molecular weight is 489 g/mol. The number of aliphatic hydroxyl groups is 1. The molecule has 1 heterocycles. The zero-order chi connectivity index (χ0) is 26.2. The quantitative estimate of drug-likeness (QED) is 0.475. The molecule has 0 unspecified atom stereocenters. The molecular weight excluding hydrogens is 456 g/mol. The number of benzene rings is 2. The van der Waals surface area contributed by atoms with Crippen molar-refractivity contribution in [2.75, 3.05) is 10.6 Å². The van der Waals surface area contributed by atoms with Crippen molar-refractivity contribution < 1.29 is 19.5 Å². The van der Waals surface area contributed by atoms with Crippen LogP contribution in [0, 0.1) is 32.6 Å². The van der Waals surface area contributed by atoms with Crippen LogP contribution in [0.4, 0.5) is 11.4 Å². The van der Waals surface area contributed by atoms with Gasteiger partial charge in [0.2, 0.25) is 11.8 Å². The van der Waals surface area contributed by atoms with Gasteiger partial charge < -0.3 is 15.7 Å². The van der Waals surface area contributed by atoms with E-state index in [0.717, 1.165) is 11.1 Å². The Labute approximate surface area is 210 Å². The predicted molar refractivity (Wildman–Crippen MR) is 138 cm³/mol. The van der Waals surface area contributed by atoms with Crippen LogP contribution in [-0.2, 0) is 21.4 Å². The number of aromatic nitrogens is 2. The van der Waals surface area contributed by atoms with Crippen molar-refractivity contribution in [3.8, 4) is 0 Å². The van der Waals surface area contributed by atoms with Crippen LogP contribution < -0.4 is 10.6 Å². The van der Waals surface area contributed by atoms with E-state index in [1.165, 1.54) is 6.92 Å². The topological polar surface area (TPSA) is 113 Å². The van der Waals surface area contributed by atoms with Gasteiger partial charge in [-0.1, -0.05) is 36.4 Å². The average Bonchev–Trinajstić information content (AvgIpc) is 3.13. The number of ketones is 1. The fourth-order valence-electron chi connectivity index (χ4n) is 5.26. The van der Waals surface area contributed by atoms with Crippen LogP contribution in [0.25, 0.3) is 0 Å². The first-order valence-electron chi connectivity index (χ1n) is 12.0. The van der Waals surface area contributed by atoms with Gasteiger partial charge in [0, 0.05) is 37.0 Å². The van der Waals surface area contributed by atoms with Crippen molar-refractivity contribution in [1.82, 2.24) is 9.78 Å². The fourth-order valence-corrected chi connectivity index (χ4v) is 5.26.